The predicted octanol–water partition coefficient (Wildman–Crippen LogP) is 3.81. The first-order valence-corrected chi connectivity index (χ1v) is 6.34. The quantitative estimate of drug-likeness (QED) is 0.810. The minimum atomic E-state index is -4.46. The molecule has 108 valence electrons. The fourth-order valence-electron chi connectivity index (χ4n) is 1.42. The van der Waals surface area contributed by atoms with Crippen molar-refractivity contribution in [2.45, 2.75) is 18.6 Å². The molecule has 0 aliphatic carbocycles. The SMILES string of the molecule is COCC(CCCl)Nc1ncc(C(F)(F)F)cc1Cl. The number of anilines is 1. The number of pyridine rings is 1. The highest BCUT2D eigenvalue weighted by Crippen LogP contribution is 2.32. The van der Waals surface area contributed by atoms with Gasteiger partial charge in [-0.25, -0.2) is 4.98 Å². The Morgan fingerprint density at radius 1 is 1.47 bits per heavy atom. The summed E-state index contributed by atoms with van der Waals surface area (Å²) in [4.78, 5) is 3.69. The molecule has 0 fully saturated rings. The third-order valence-electron chi connectivity index (χ3n) is 2.33. The number of methoxy groups -OCH3 is 1. The molecule has 0 radical (unpaired) electrons. The molecule has 0 aliphatic rings. The fraction of sp³-hybridized carbons (Fsp3) is 0.545. The molecule has 0 aromatic carbocycles. The normalized spacial score (nSPS) is 13.4. The number of hydrogen-bond donors (Lipinski definition) is 1. The van der Waals surface area contributed by atoms with Crippen LogP contribution in [0.3, 0.4) is 0 Å². The van der Waals surface area contributed by atoms with Crippen LogP contribution in [0.2, 0.25) is 5.02 Å². The van der Waals surface area contributed by atoms with Gasteiger partial charge in [-0.3, -0.25) is 0 Å². The maximum Gasteiger partial charge on any atom is 0.417 e. The van der Waals surface area contributed by atoms with Gasteiger partial charge in [-0.05, 0) is 12.5 Å². The van der Waals surface area contributed by atoms with Crippen molar-refractivity contribution in [3.8, 4) is 0 Å². The zero-order chi connectivity index (χ0) is 14.5. The third kappa shape index (κ3) is 5.04. The first-order chi connectivity index (χ1) is 8.88. The van der Waals surface area contributed by atoms with Crippen LogP contribution < -0.4 is 5.32 Å². The van der Waals surface area contributed by atoms with E-state index >= 15 is 0 Å². The molecule has 1 unspecified atom stereocenters. The first-order valence-electron chi connectivity index (χ1n) is 5.42. The Hall–Kier alpha value is -0.720. The van der Waals surface area contributed by atoms with E-state index in [9.17, 15) is 13.2 Å². The van der Waals surface area contributed by atoms with Crippen LogP contribution in [0.4, 0.5) is 19.0 Å². The monoisotopic (exact) mass is 316 g/mol. The van der Waals surface area contributed by atoms with Crippen LogP contribution in [0, 0.1) is 0 Å². The highest BCUT2D eigenvalue weighted by atomic mass is 35.5. The average molecular weight is 317 g/mol. The van der Waals surface area contributed by atoms with Crippen molar-refractivity contribution in [3.05, 3.63) is 22.8 Å². The number of rotatable bonds is 6. The summed E-state index contributed by atoms with van der Waals surface area (Å²) in [5.41, 5.74) is -0.885. The Bertz CT molecular complexity index is 409. The summed E-state index contributed by atoms with van der Waals surface area (Å²) in [5.74, 6) is 0.570. The molecule has 19 heavy (non-hydrogen) atoms. The van der Waals surface area contributed by atoms with Gasteiger partial charge in [0.2, 0.25) is 0 Å². The maximum absolute atomic E-state index is 12.4. The van der Waals surface area contributed by atoms with E-state index in [0.29, 0.717) is 18.9 Å². The van der Waals surface area contributed by atoms with Gasteiger partial charge in [-0.1, -0.05) is 11.6 Å². The molecule has 1 N–H and O–H groups in total. The van der Waals surface area contributed by atoms with Gasteiger partial charge in [0.15, 0.2) is 0 Å². The fourth-order valence-corrected chi connectivity index (χ4v) is 1.91. The number of aromatic nitrogens is 1. The molecule has 1 heterocycles. The Morgan fingerprint density at radius 2 is 2.16 bits per heavy atom. The lowest BCUT2D eigenvalue weighted by molar-refractivity contribution is -0.137. The van der Waals surface area contributed by atoms with Crippen molar-refractivity contribution in [1.29, 1.82) is 0 Å². The number of ether oxygens (including phenoxy) is 1. The minimum Gasteiger partial charge on any atom is -0.383 e. The summed E-state index contributed by atoms with van der Waals surface area (Å²) in [6.07, 6.45) is -3.15. The molecular formula is C11H13Cl2F3N2O. The van der Waals surface area contributed by atoms with E-state index in [0.717, 1.165) is 12.3 Å². The second-order valence-corrected chi connectivity index (χ2v) is 4.61. The summed E-state index contributed by atoms with van der Waals surface area (Å²) >= 11 is 11.4. The molecular weight excluding hydrogens is 304 g/mol. The predicted molar refractivity (Wildman–Crippen MR) is 68.9 cm³/mol. The van der Waals surface area contributed by atoms with Crippen LogP contribution in [0.15, 0.2) is 12.3 Å². The molecule has 1 atom stereocenters. The number of alkyl halides is 4. The molecule has 0 bridgehead atoms. The minimum absolute atomic E-state index is 0.0921. The lowest BCUT2D eigenvalue weighted by atomic mass is 10.2. The van der Waals surface area contributed by atoms with Gasteiger partial charge < -0.3 is 10.1 Å². The van der Waals surface area contributed by atoms with E-state index in [4.69, 9.17) is 27.9 Å². The molecule has 1 aromatic rings. The highest BCUT2D eigenvalue weighted by Gasteiger charge is 2.31. The summed E-state index contributed by atoms with van der Waals surface area (Å²) in [6.45, 7) is 0.353. The standard InChI is InChI=1S/C11H13Cl2F3N2O/c1-19-6-8(2-3-12)18-10-9(13)4-7(5-17-10)11(14,15)16/h4-5,8H,2-3,6H2,1H3,(H,17,18). The van der Waals surface area contributed by atoms with Crippen molar-refractivity contribution in [2.24, 2.45) is 0 Å². The number of halogens is 5. The third-order valence-corrected chi connectivity index (χ3v) is 2.84. The van der Waals surface area contributed by atoms with E-state index in [1.165, 1.54) is 7.11 Å². The zero-order valence-electron chi connectivity index (χ0n) is 10.1. The van der Waals surface area contributed by atoms with Crippen LogP contribution in [-0.2, 0) is 10.9 Å². The molecule has 8 heteroatoms. The summed E-state index contributed by atoms with van der Waals surface area (Å²) in [6, 6.07) is 0.672. The second-order valence-electron chi connectivity index (χ2n) is 3.83. The van der Waals surface area contributed by atoms with Crippen LogP contribution in [0.5, 0.6) is 0 Å². The zero-order valence-corrected chi connectivity index (χ0v) is 11.6. The van der Waals surface area contributed by atoms with Crippen molar-refractivity contribution < 1.29 is 17.9 Å². The van der Waals surface area contributed by atoms with Gasteiger partial charge in [-0.2, -0.15) is 13.2 Å². The average Bonchev–Trinajstić information content (AvgIpc) is 2.31. The van der Waals surface area contributed by atoms with E-state index in [-0.39, 0.29) is 16.9 Å². The van der Waals surface area contributed by atoms with Crippen molar-refractivity contribution in [1.82, 2.24) is 4.98 Å². The van der Waals surface area contributed by atoms with Crippen LogP contribution in [0.1, 0.15) is 12.0 Å². The van der Waals surface area contributed by atoms with Crippen LogP contribution in [-0.4, -0.2) is 30.6 Å². The number of hydrogen-bond acceptors (Lipinski definition) is 3. The molecule has 0 saturated heterocycles. The molecule has 0 saturated carbocycles. The van der Waals surface area contributed by atoms with Crippen molar-refractivity contribution in [2.75, 3.05) is 24.9 Å². The molecule has 0 spiro atoms. The first kappa shape index (κ1) is 16.3. The molecule has 0 aliphatic heterocycles. The smallest absolute Gasteiger partial charge is 0.383 e. The Morgan fingerprint density at radius 3 is 2.63 bits per heavy atom. The lowest BCUT2D eigenvalue weighted by Gasteiger charge is -2.18. The number of nitrogens with zero attached hydrogens (tertiary/aromatic N) is 1. The molecule has 0 amide bonds. The van der Waals surface area contributed by atoms with Crippen LogP contribution >= 0.6 is 23.2 Å². The maximum atomic E-state index is 12.4. The molecule has 1 rings (SSSR count). The number of nitrogens with one attached hydrogen (secondary N) is 1. The Labute approximate surface area is 119 Å². The van der Waals surface area contributed by atoms with E-state index in [1.807, 2.05) is 0 Å². The summed E-state index contributed by atoms with van der Waals surface area (Å²) in [5, 5.41) is 2.82. The van der Waals surface area contributed by atoms with Gasteiger partial charge in [0.05, 0.1) is 23.2 Å². The summed E-state index contributed by atoms with van der Waals surface area (Å²) < 4.78 is 42.3. The highest BCUT2D eigenvalue weighted by molar-refractivity contribution is 6.33. The van der Waals surface area contributed by atoms with E-state index < -0.39 is 11.7 Å². The van der Waals surface area contributed by atoms with Crippen LogP contribution in [0.25, 0.3) is 0 Å². The van der Waals surface area contributed by atoms with E-state index in [1.54, 1.807) is 0 Å². The Balaban J connectivity index is 2.84. The lowest BCUT2D eigenvalue weighted by Crippen LogP contribution is -2.26. The van der Waals surface area contributed by atoms with E-state index in [2.05, 4.69) is 10.3 Å². The molecule has 1 aromatic heterocycles. The van der Waals surface area contributed by atoms with Gasteiger partial charge >= 0.3 is 6.18 Å². The van der Waals surface area contributed by atoms with Gasteiger partial charge in [0, 0.05) is 19.2 Å². The topological polar surface area (TPSA) is 34.1 Å². The van der Waals surface area contributed by atoms with Crippen molar-refractivity contribution in [3.63, 3.8) is 0 Å². The van der Waals surface area contributed by atoms with Gasteiger partial charge in [-0.15, -0.1) is 11.6 Å². The van der Waals surface area contributed by atoms with Gasteiger partial charge in [0.1, 0.15) is 5.82 Å². The largest absolute Gasteiger partial charge is 0.417 e. The summed E-state index contributed by atoms with van der Waals surface area (Å²) in [7, 11) is 1.52. The van der Waals surface area contributed by atoms with Gasteiger partial charge in [0.25, 0.3) is 0 Å². The second kappa shape index (κ2) is 7.17. The molecule has 3 nitrogen and oxygen atoms in total. The van der Waals surface area contributed by atoms with Crippen molar-refractivity contribution >= 4 is 29.0 Å². The Kier molecular flexibility index (Phi) is 6.16.